The van der Waals surface area contributed by atoms with E-state index in [9.17, 15) is 32.7 Å². The fourth-order valence-electron chi connectivity index (χ4n) is 5.75. The Labute approximate surface area is 224 Å². The van der Waals surface area contributed by atoms with Crippen LogP contribution < -0.4 is 15.4 Å². The van der Waals surface area contributed by atoms with Gasteiger partial charge in [-0.2, -0.15) is 0 Å². The molecule has 1 N–H and O–H groups in total. The summed E-state index contributed by atoms with van der Waals surface area (Å²) in [5.41, 5.74) is -2.67. The molecule has 2 fully saturated rings. The third kappa shape index (κ3) is 3.52. The number of amides is 2. The van der Waals surface area contributed by atoms with Crippen LogP contribution in [-0.2, 0) is 9.59 Å². The standard InChI is InChI=1S/C27H23F4N5O4/c1-4-19(38)34-11-16-25(39)33(3)23-22(35(16)10-12(34)2)13-8-15(29)21(20-14(28)6-5-7-17(20)37)32-24(13)36(26(23)40)18-9-27(18,30)31/h4-8,12,16,18,37H,1,9-11H2,2-3H3/t12-,16-,18-/m1/s1. The van der Waals surface area contributed by atoms with Crippen LogP contribution in [0.15, 0.2) is 41.7 Å². The van der Waals surface area contributed by atoms with Gasteiger partial charge in [-0.05, 0) is 31.2 Å². The molecule has 6 rings (SSSR count). The summed E-state index contributed by atoms with van der Waals surface area (Å²) >= 11 is 0. The molecule has 2 aromatic heterocycles. The third-order valence-electron chi connectivity index (χ3n) is 7.85. The van der Waals surface area contributed by atoms with E-state index in [0.717, 1.165) is 33.7 Å². The molecule has 4 heterocycles. The van der Waals surface area contributed by atoms with Crippen LogP contribution in [0.1, 0.15) is 19.4 Å². The van der Waals surface area contributed by atoms with Crippen LogP contribution in [-0.4, -0.2) is 69.5 Å². The summed E-state index contributed by atoms with van der Waals surface area (Å²) in [4.78, 5) is 48.0. The van der Waals surface area contributed by atoms with Gasteiger partial charge in [-0.3, -0.25) is 19.0 Å². The zero-order chi connectivity index (χ0) is 28.8. The Hall–Kier alpha value is -4.42. The molecule has 0 bridgehead atoms. The number of benzene rings is 1. The number of hydrogen-bond acceptors (Lipinski definition) is 6. The highest BCUT2D eigenvalue weighted by Gasteiger charge is 2.60. The van der Waals surface area contributed by atoms with Crippen LogP contribution in [0.25, 0.3) is 22.3 Å². The van der Waals surface area contributed by atoms with Crippen LogP contribution >= 0.6 is 0 Å². The number of aromatic nitrogens is 2. The molecule has 1 saturated heterocycles. The molecule has 9 nitrogen and oxygen atoms in total. The van der Waals surface area contributed by atoms with Crippen molar-refractivity contribution in [1.29, 1.82) is 0 Å². The number of fused-ring (bicyclic) bond motifs is 5. The van der Waals surface area contributed by atoms with Gasteiger partial charge in [-0.1, -0.05) is 12.6 Å². The van der Waals surface area contributed by atoms with Crippen molar-refractivity contribution < 1.29 is 32.3 Å². The summed E-state index contributed by atoms with van der Waals surface area (Å²) in [5, 5.41) is 10.2. The van der Waals surface area contributed by atoms with Gasteiger partial charge in [0.2, 0.25) is 5.91 Å². The van der Waals surface area contributed by atoms with E-state index in [1.807, 2.05) is 0 Å². The Morgan fingerprint density at radius 1 is 1.18 bits per heavy atom. The maximum atomic E-state index is 15.7. The summed E-state index contributed by atoms with van der Waals surface area (Å²) in [5.74, 6) is -6.91. The Bertz CT molecular complexity index is 1690. The van der Waals surface area contributed by atoms with Crippen LogP contribution in [0.2, 0.25) is 0 Å². The number of halogens is 4. The van der Waals surface area contributed by atoms with Gasteiger partial charge in [0.05, 0.1) is 17.8 Å². The summed E-state index contributed by atoms with van der Waals surface area (Å²) in [7, 11) is 1.31. The molecule has 1 aromatic carbocycles. The minimum absolute atomic E-state index is 0.0468. The Morgan fingerprint density at radius 2 is 1.88 bits per heavy atom. The van der Waals surface area contributed by atoms with Crippen LogP contribution in [0, 0.1) is 11.6 Å². The van der Waals surface area contributed by atoms with E-state index in [4.69, 9.17) is 0 Å². The molecular weight excluding hydrogens is 534 g/mol. The van der Waals surface area contributed by atoms with Crippen molar-refractivity contribution >= 4 is 34.2 Å². The summed E-state index contributed by atoms with van der Waals surface area (Å²) < 4.78 is 59.9. The normalized spacial score (nSPS) is 23.2. The second-order valence-electron chi connectivity index (χ2n) is 10.3. The molecule has 3 aromatic rings. The fraction of sp³-hybridized carbons (Fsp3) is 0.333. The molecule has 0 radical (unpaired) electrons. The molecular formula is C27H23F4N5O4. The van der Waals surface area contributed by atoms with Gasteiger partial charge in [0.15, 0.2) is 5.82 Å². The number of carbonyl (C=O) groups excluding carboxylic acids is 2. The van der Waals surface area contributed by atoms with Gasteiger partial charge < -0.3 is 19.8 Å². The lowest BCUT2D eigenvalue weighted by Gasteiger charge is -2.49. The Balaban J connectivity index is 1.66. The average molecular weight is 558 g/mol. The molecule has 1 aliphatic carbocycles. The van der Waals surface area contributed by atoms with Gasteiger partial charge in [-0.15, -0.1) is 0 Å². The number of pyridine rings is 2. The predicted octanol–water partition coefficient (Wildman–Crippen LogP) is 3.20. The minimum Gasteiger partial charge on any atom is -0.507 e. The first-order valence-corrected chi connectivity index (χ1v) is 12.5. The smallest absolute Gasteiger partial charge is 0.278 e. The molecule has 2 amide bonds. The van der Waals surface area contributed by atoms with Crippen molar-refractivity contribution in [1.82, 2.24) is 14.5 Å². The Morgan fingerprint density at radius 3 is 2.50 bits per heavy atom. The van der Waals surface area contributed by atoms with Gasteiger partial charge in [-0.25, -0.2) is 22.5 Å². The van der Waals surface area contributed by atoms with Gasteiger partial charge >= 0.3 is 0 Å². The summed E-state index contributed by atoms with van der Waals surface area (Å²) in [6, 6.07) is 1.22. The number of alkyl halides is 2. The highest BCUT2D eigenvalue weighted by Crippen LogP contribution is 2.54. The molecule has 3 aliphatic rings. The maximum absolute atomic E-state index is 15.7. The minimum atomic E-state index is -3.26. The van der Waals surface area contributed by atoms with Crippen molar-refractivity contribution in [2.24, 2.45) is 0 Å². The first-order chi connectivity index (χ1) is 18.9. The second kappa shape index (κ2) is 8.54. The highest BCUT2D eigenvalue weighted by molar-refractivity contribution is 6.11. The molecule has 2 aliphatic heterocycles. The van der Waals surface area contributed by atoms with Gasteiger partial charge in [0, 0.05) is 31.4 Å². The van der Waals surface area contributed by atoms with Crippen molar-refractivity contribution in [3.63, 3.8) is 0 Å². The second-order valence-corrected chi connectivity index (χ2v) is 10.3. The molecule has 40 heavy (non-hydrogen) atoms. The van der Waals surface area contributed by atoms with E-state index >= 15 is 4.39 Å². The van der Waals surface area contributed by atoms with Crippen LogP contribution in [0.3, 0.4) is 0 Å². The zero-order valence-electron chi connectivity index (χ0n) is 21.4. The van der Waals surface area contributed by atoms with E-state index in [0.29, 0.717) is 0 Å². The van der Waals surface area contributed by atoms with Crippen molar-refractivity contribution in [2.45, 2.75) is 37.4 Å². The topological polar surface area (TPSA) is 99.0 Å². The summed E-state index contributed by atoms with van der Waals surface area (Å²) in [6.07, 6.45) is 0.444. The van der Waals surface area contributed by atoms with Crippen molar-refractivity contribution in [2.75, 3.05) is 29.9 Å². The van der Waals surface area contributed by atoms with E-state index in [2.05, 4.69) is 11.6 Å². The largest absolute Gasteiger partial charge is 0.507 e. The lowest BCUT2D eigenvalue weighted by molar-refractivity contribution is -0.130. The molecule has 0 spiro atoms. The van der Waals surface area contributed by atoms with E-state index in [1.54, 1.807) is 11.8 Å². The summed E-state index contributed by atoms with van der Waals surface area (Å²) in [6.45, 7) is 5.23. The zero-order valence-corrected chi connectivity index (χ0v) is 21.4. The van der Waals surface area contributed by atoms with Gasteiger partial charge in [0.25, 0.3) is 17.4 Å². The van der Waals surface area contributed by atoms with Crippen LogP contribution in [0.5, 0.6) is 5.75 Å². The first kappa shape index (κ1) is 25.8. The van der Waals surface area contributed by atoms with E-state index < -0.39 is 76.5 Å². The number of likely N-dealkylation sites (N-methyl/N-ethyl adjacent to an activating group) is 1. The SMILES string of the molecule is C=CC(=O)N1C[C@@H]2C(=O)N(C)c3c(c4cc(F)c(-c5c(O)cccc5F)nc4n([C@@H]4CC4(F)F)c3=O)N2C[C@H]1C. The number of phenolic OH excluding ortho intramolecular Hbond substituents is 1. The number of aromatic hydroxyl groups is 1. The molecule has 3 atom stereocenters. The van der Waals surface area contributed by atoms with E-state index in [-0.39, 0.29) is 35.5 Å². The van der Waals surface area contributed by atoms with Crippen molar-refractivity contribution in [3.05, 3.63) is 58.9 Å². The fourth-order valence-corrected chi connectivity index (χ4v) is 5.75. The number of piperazine rings is 1. The predicted molar refractivity (Wildman–Crippen MR) is 138 cm³/mol. The number of rotatable bonds is 3. The first-order valence-electron chi connectivity index (χ1n) is 12.5. The maximum Gasteiger partial charge on any atom is 0.278 e. The monoisotopic (exact) mass is 557 g/mol. The quantitative estimate of drug-likeness (QED) is 0.393. The number of carbonyl (C=O) groups is 2. The lowest BCUT2D eigenvalue weighted by atomic mass is 9.98. The number of anilines is 2. The van der Waals surface area contributed by atoms with Crippen LogP contribution in [0.4, 0.5) is 28.9 Å². The molecule has 208 valence electrons. The molecule has 0 unspecified atom stereocenters. The third-order valence-corrected chi connectivity index (χ3v) is 7.85. The average Bonchev–Trinajstić information content (AvgIpc) is 3.53. The number of hydrogen-bond donors (Lipinski definition) is 1. The molecule has 1 saturated carbocycles. The van der Waals surface area contributed by atoms with Gasteiger partial charge in [0.1, 0.15) is 40.7 Å². The van der Waals surface area contributed by atoms with Crippen molar-refractivity contribution in [3.8, 4) is 17.0 Å². The highest BCUT2D eigenvalue weighted by atomic mass is 19.3. The molecule has 13 heteroatoms. The Kier molecular flexibility index (Phi) is 5.51. The number of phenols is 1. The lowest BCUT2D eigenvalue weighted by Crippen LogP contribution is -2.66. The number of nitrogens with zero attached hydrogens (tertiary/aromatic N) is 5. The van der Waals surface area contributed by atoms with E-state index in [1.165, 1.54) is 18.0 Å².